The van der Waals surface area contributed by atoms with E-state index in [4.69, 9.17) is 0 Å². The third-order valence-electron chi connectivity index (χ3n) is 2.52. The van der Waals surface area contributed by atoms with Crippen molar-refractivity contribution < 1.29 is 8.42 Å². The summed E-state index contributed by atoms with van der Waals surface area (Å²) < 4.78 is 28.7. The van der Waals surface area contributed by atoms with Gasteiger partial charge in [-0.1, -0.05) is 5.21 Å². The molecule has 3 aromatic rings. The van der Waals surface area contributed by atoms with Crippen LogP contribution in [-0.2, 0) is 16.6 Å². The molecule has 3 aromatic heterocycles. The number of sulfonamides is 1. The molecule has 0 aliphatic heterocycles. The van der Waals surface area contributed by atoms with Gasteiger partial charge in [0.05, 0.1) is 6.54 Å². The van der Waals surface area contributed by atoms with E-state index in [0.29, 0.717) is 4.96 Å². The van der Waals surface area contributed by atoms with Gasteiger partial charge >= 0.3 is 0 Å². The van der Waals surface area contributed by atoms with Gasteiger partial charge in [0.1, 0.15) is 0 Å². The lowest BCUT2D eigenvalue weighted by Gasteiger charge is -2.05. The third kappa shape index (κ3) is 2.13. The number of aromatic nitrogens is 6. The van der Waals surface area contributed by atoms with Crippen molar-refractivity contribution in [1.29, 1.82) is 0 Å². The van der Waals surface area contributed by atoms with Gasteiger partial charge in [0, 0.05) is 18.6 Å². The predicted octanol–water partition coefficient (Wildman–Crippen LogP) is -0.571. The lowest BCUT2D eigenvalue weighted by molar-refractivity contribution is 0.575. The summed E-state index contributed by atoms with van der Waals surface area (Å²) in [6.45, 7) is -0.0562. The number of rotatable bonds is 5. The Morgan fingerprint density at radius 3 is 3.05 bits per heavy atom. The van der Waals surface area contributed by atoms with Gasteiger partial charge in [0.15, 0.2) is 21.6 Å². The average molecular weight is 314 g/mol. The number of hydrogen-bond donors (Lipinski definition) is 3. The average Bonchev–Trinajstić information content (AvgIpc) is 3.11. The first-order chi connectivity index (χ1) is 9.62. The van der Waals surface area contributed by atoms with Gasteiger partial charge in [0.2, 0.25) is 0 Å². The van der Waals surface area contributed by atoms with Crippen molar-refractivity contribution in [2.24, 2.45) is 0 Å². The van der Waals surface area contributed by atoms with E-state index in [0.717, 1.165) is 0 Å². The van der Waals surface area contributed by atoms with Crippen LogP contribution >= 0.6 is 11.3 Å². The van der Waals surface area contributed by atoms with Gasteiger partial charge in [-0.05, 0) is 0 Å². The van der Waals surface area contributed by atoms with E-state index in [1.807, 2.05) is 0 Å². The summed E-state index contributed by atoms with van der Waals surface area (Å²) in [5.41, 5.74) is 0. The number of H-pyrrole nitrogens is 1. The summed E-state index contributed by atoms with van der Waals surface area (Å²) in [6.07, 6.45) is 1.65. The summed E-state index contributed by atoms with van der Waals surface area (Å²) in [7, 11) is -2.14. The van der Waals surface area contributed by atoms with Gasteiger partial charge in [-0.2, -0.15) is 5.21 Å². The van der Waals surface area contributed by atoms with Gasteiger partial charge < -0.3 is 5.32 Å². The topological polar surface area (TPSA) is 130 Å². The van der Waals surface area contributed by atoms with E-state index in [1.165, 1.54) is 15.7 Å². The monoisotopic (exact) mass is 314 g/mol. The van der Waals surface area contributed by atoms with E-state index in [1.54, 1.807) is 18.6 Å². The molecule has 3 heterocycles. The van der Waals surface area contributed by atoms with Crippen LogP contribution in [0.15, 0.2) is 16.6 Å². The highest BCUT2D eigenvalue weighted by atomic mass is 32.2. The number of nitrogens with one attached hydrogen (secondary N) is 3. The molecule has 0 aliphatic rings. The summed E-state index contributed by atoms with van der Waals surface area (Å²) in [5, 5.41) is 17.6. The molecule has 12 heteroatoms. The van der Waals surface area contributed by atoms with Crippen LogP contribution in [0.5, 0.6) is 0 Å². The molecule has 0 spiro atoms. The van der Waals surface area contributed by atoms with Crippen LogP contribution in [0.25, 0.3) is 4.96 Å². The zero-order valence-corrected chi connectivity index (χ0v) is 11.9. The molecular formula is C8H10N8O2S2. The standard InChI is InChI=1S/C8H10N8O2S2/c1-9-6-7(16-2-3-19-8(16)11-6)20(17,18)10-4-5-12-14-15-13-5/h2-3,9-10H,4H2,1H3,(H,12,13,14,15). The zero-order chi connectivity index (χ0) is 14.2. The van der Waals surface area contributed by atoms with Crippen molar-refractivity contribution in [1.82, 2.24) is 34.7 Å². The maximum absolute atomic E-state index is 12.4. The van der Waals surface area contributed by atoms with E-state index < -0.39 is 10.0 Å². The number of imidazole rings is 1. The number of tetrazole rings is 1. The van der Waals surface area contributed by atoms with Crippen molar-refractivity contribution in [3.8, 4) is 0 Å². The van der Waals surface area contributed by atoms with E-state index >= 15 is 0 Å². The molecule has 0 saturated carbocycles. The molecule has 0 aliphatic carbocycles. The number of anilines is 1. The van der Waals surface area contributed by atoms with E-state index in [2.05, 4.69) is 35.6 Å². The summed E-state index contributed by atoms with van der Waals surface area (Å²) >= 11 is 1.35. The molecule has 0 unspecified atom stereocenters. The minimum Gasteiger partial charge on any atom is -0.371 e. The van der Waals surface area contributed by atoms with Gasteiger partial charge in [-0.3, -0.25) is 4.40 Å². The minimum atomic E-state index is -3.76. The molecule has 0 amide bonds. The third-order valence-corrected chi connectivity index (χ3v) is 4.70. The van der Waals surface area contributed by atoms with Crippen molar-refractivity contribution >= 4 is 32.1 Å². The number of nitrogens with zero attached hydrogens (tertiary/aromatic N) is 5. The number of fused-ring (bicyclic) bond motifs is 1. The molecule has 0 atom stereocenters. The summed E-state index contributed by atoms with van der Waals surface area (Å²) in [5.74, 6) is 0.545. The first-order valence-electron chi connectivity index (χ1n) is 5.47. The second kappa shape index (κ2) is 4.81. The smallest absolute Gasteiger partial charge is 0.260 e. The maximum atomic E-state index is 12.4. The van der Waals surface area contributed by atoms with Gasteiger partial charge in [-0.25, -0.2) is 18.1 Å². The Hall–Kier alpha value is -2.05. The number of hydrogen-bond acceptors (Lipinski definition) is 8. The van der Waals surface area contributed by atoms with Crippen LogP contribution in [-0.4, -0.2) is 45.5 Å². The minimum absolute atomic E-state index is 0.0553. The molecule has 0 bridgehead atoms. The van der Waals surface area contributed by atoms with E-state index in [9.17, 15) is 8.42 Å². The molecule has 20 heavy (non-hydrogen) atoms. The van der Waals surface area contributed by atoms with Crippen LogP contribution in [0.2, 0.25) is 0 Å². The number of thiazole rings is 1. The molecule has 0 aromatic carbocycles. The highest BCUT2D eigenvalue weighted by Gasteiger charge is 2.25. The second-order valence-corrected chi connectivity index (χ2v) is 6.28. The first kappa shape index (κ1) is 13.0. The van der Waals surface area contributed by atoms with Gasteiger partial charge in [0.25, 0.3) is 10.0 Å². The predicted molar refractivity (Wildman–Crippen MR) is 70.8 cm³/mol. The Morgan fingerprint density at radius 1 is 1.50 bits per heavy atom. The van der Waals surface area contributed by atoms with Crippen molar-refractivity contribution in [2.45, 2.75) is 11.6 Å². The molecule has 106 valence electrons. The Labute approximate surface area is 117 Å². The van der Waals surface area contributed by atoms with Crippen molar-refractivity contribution in [2.75, 3.05) is 12.4 Å². The highest BCUT2D eigenvalue weighted by Crippen LogP contribution is 2.25. The largest absolute Gasteiger partial charge is 0.371 e. The molecule has 3 rings (SSSR count). The number of aromatic amines is 1. The van der Waals surface area contributed by atoms with Crippen molar-refractivity contribution in [3.05, 3.63) is 17.4 Å². The lowest BCUT2D eigenvalue weighted by atomic mass is 10.7. The molecule has 0 fully saturated rings. The molecule has 0 radical (unpaired) electrons. The maximum Gasteiger partial charge on any atom is 0.260 e. The van der Waals surface area contributed by atoms with Crippen LogP contribution in [0.1, 0.15) is 5.82 Å². The summed E-state index contributed by atoms with van der Waals surface area (Å²) in [6, 6.07) is 0. The van der Waals surface area contributed by atoms with Crippen LogP contribution in [0.3, 0.4) is 0 Å². The molecular weight excluding hydrogens is 304 g/mol. The van der Waals surface area contributed by atoms with Crippen LogP contribution < -0.4 is 10.0 Å². The fraction of sp³-hybridized carbons (Fsp3) is 0.250. The Bertz CT molecular complexity index is 818. The van der Waals surface area contributed by atoms with Crippen LogP contribution in [0.4, 0.5) is 5.82 Å². The fourth-order valence-electron chi connectivity index (χ4n) is 1.67. The molecule has 0 saturated heterocycles. The second-order valence-electron chi connectivity index (χ2n) is 3.72. The molecule has 3 N–H and O–H groups in total. The van der Waals surface area contributed by atoms with E-state index in [-0.39, 0.29) is 23.2 Å². The first-order valence-corrected chi connectivity index (χ1v) is 7.83. The molecule has 10 nitrogen and oxygen atoms in total. The summed E-state index contributed by atoms with van der Waals surface area (Å²) in [4.78, 5) is 4.80. The highest BCUT2D eigenvalue weighted by molar-refractivity contribution is 7.89. The SMILES string of the molecule is CNc1nc2sccn2c1S(=O)(=O)NCc1nn[nH]n1. The quantitative estimate of drug-likeness (QED) is 0.575. The normalized spacial score (nSPS) is 12.1. The van der Waals surface area contributed by atoms with Gasteiger partial charge in [-0.15, -0.1) is 21.5 Å². The Morgan fingerprint density at radius 2 is 2.35 bits per heavy atom. The lowest BCUT2D eigenvalue weighted by Crippen LogP contribution is -2.25. The Balaban J connectivity index is 1.97. The zero-order valence-electron chi connectivity index (χ0n) is 10.2. The van der Waals surface area contributed by atoms with Crippen molar-refractivity contribution in [3.63, 3.8) is 0 Å². The van der Waals surface area contributed by atoms with Crippen LogP contribution in [0, 0.1) is 0 Å². The fourth-order valence-corrected chi connectivity index (χ4v) is 3.71. The Kier molecular flexibility index (Phi) is 3.11.